The quantitative estimate of drug-likeness (QED) is 0.548. The van der Waals surface area contributed by atoms with Gasteiger partial charge in [-0.1, -0.05) is 42.1 Å². The monoisotopic (exact) mass is 435 g/mol. The van der Waals surface area contributed by atoms with Crippen LogP contribution in [-0.4, -0.2) is 18.5 Å². The minimum Gasteiger partial charge on any atom is -0.456 e. The maximum absolute atomic E-state index is 12.6. The first-order valence-electron chi connectivity index (χ1n) is 11.3. The van der Waals surface area contributed by atoms with Crippen LogP contribution in [0.1, 0.15) is 44.9 Å². The lowest BCUT2D eigenvalue weighted by Crippen LogP contribution is -2.47. The molecule has 1 amide bonds. The number of rotatable bonds is 7. The summed E-state index contributed by atoms with van der Waals surface area (Å²) in [6.45, 7) is -0.227. The molecule has 0 radical (unpaired) electrons. The molecular formula is C26H29NO3S. The van der Waals surface area contributed by atoms with E-state index < -0.39 is 0 Å². The Morgan fingerprint density at radius 3 is 2.19 bits per heavy atom. The summed E-state index contributed by atoms with van der Waals surface area (Å²) in [5.74, 6) is 1.91. The Morgan fingerprint density at radius 1 is 0.903 bits per heavy atom. The van der Waals surface area contributed by atoms with Crippen LogP contribution in [0.15, 0.2) is 64.4 Å². The van der Waals surface area contributed by atoms with Gasteiger partial charge in [-0.05, 0) is 86.0 Å². The summed E-state index contributed by atoms with van der Waals surface area (Å²) in [6.07, 6.45) is 8.06. The first-order chi connectivity index (χ1) is 15.1. The van der Waals surface area contributed by atoms with Crippen molar-refractivity contribution >= 4 is 29.3 Å². The van der Waals surface area contributed by atoms with Gasteiger partial charge in [0.15, 0.2) is 6.61 Å². The molecular weight excluding hydrogens is 406 g/mol. The number of esters is 1. The molecule has 0 spiro atoms. The maximum atomic E-state index is 12.6. The SMILES string of the molecule is O=C(COC(=O)CC12CC3CC(CC(C3)C1)C2)Nc1ccccc1Sc1ccccc1. The Hall–Kier alpha value is -2.27. The van der Waals surface area contributed by atoms with Crippen molar-refractivity contribution in [1.82, 2.24) is 0 Å². The molecule has 4 saturated carbocycles. The summed E-state index contributed by atoms with van der Waals surface area (Å²) in [7, 11) is 0. The molecule has 4 fully saturated rings. The van der Waals surface area contributed by atoms with Crippen LogP contribution in [0.3, 0.4) is 0 Å². The van der Waals surface area contributed by atoms with Gasteiger partial charge in [-0.25, -0.2) is 0 Å². The van der Waals surface area contributed by atoms with E-state index in [4.69, 9.17) is 4.74 Å². The molecule has 2 aromatic rings. The van der Waals surface area contributed by atoms with Crippen molar-refractivity contribution in [3.63, 3.8) is 0 Å². The molecule has 0 heterocycles. The van der Waals surface area contributed by atoms with E-state index in [1.54, 1.807) is 11.8 Å². The second-order valence-corrected chi connectivity index (χ2v) is 10.8. The first-order valence-corrected chi connectivity index (χ1v) is 12.2. The summed E-state index contributed by atoms with van der Waals surface area (Å²) in [5, 5.41) is 2.91. The Labute approximate surface area is 188 Å². The highest BCUT2D eigenvalue weighted by Gasteiger charge is 2.51. The zero-order chi connectivity index (χ0) is 21.3. The average molecular weight is 436 g/mol. The zero-order valence-corrected chi connectivity index (χ0v) is 18.5. The number of para-hydroxylation sites is 1. The molecule has 31 heavy (non-hydrogen) atoms. The van der Waals surface area contributed by atoms with Gasteiger partial charge >= 0.3 is 5.97 Å². The molecule has 0 saturated heterocycles. The Kier molecular flexibility index (Phi) is 5.79. The highest BCUT2D eigenvalue weighted by molar-refractivity contribution is 7.99. The van der Waals surface area contributed by atoms with Gasteiger partial charge in [-0.3, -0.25) is 9.59 Å². The van der Waals surface area contributed by atoms with Gasteiger partial charge in [-0.15, -0.1) is 0 Å². The molecule has 2 aromatic carbocycles. The summed E-state index contributed by atoms with van der Waals surface area (Å²) in [5.41, 5.74) is 0.875. The Balaban J connectivity index is 1.14. The van der Waals surface area contributed by atoms with Crippen LogP contribution in [-0.2, 0) is 14.3 Å². The molecule has 5 heteroatoms. The van der Waals surface area contributed by atoms with E-state index in [-0.39, 0.29) is 23.9 Å². The third kappa shape index (κ3) is 4.82. The van der Waals surface area contributed by atoms with Crippen LogP contribution < -0.4 is 5.32 Å². The topological polar surface area (TPSA) is 55.4 Å². The fourth-order valence-corrected chi connectivity index (χ4v) is 7.39. The normalized spacial score (nSPS) is 28.3. The predicted molar refractivity (Wildman–Crippen MR) is 122 cm³/mol. The van der Waals surface area contributed by atoms with Crippen LogP contribution in [0.2, 0.25) is 0 Å². The average Bonchev–Trinajstić information content (AvgIpc) is 2.73. The van der Waals surface area contributed by atoms with Crippen LogP contribution in [0.4, 0.5) is 5.69 Å². The molecule has 6 rings (SSSR count). The van der Waals surface area contributed by atoms with Gasteiger partial charge in [0.25, 0.3) is 5.91 Å². The zero-order valence-electron chi connectivity index (χ0n) is 17.7. The van der Waals surface area contributed by atoms with Crippen molar-refractivity contribution in [3.05, 3.63) is 54.6 Å². The molecule has 4 aliphatic rings. The molecule has 0 atom stereocenters. The minimum atomic E-state index is -0.292. The van der Waals surface area contributed by atoms with Crippen molar-refractivity contribution in [1.29, 1.82) is 0 Å². The molecule has 4 bridgehead atoms. The molecule has 162 valence electrons. The number of benzene rings is 2. The van der Waals surface area contributed by atoms with E-state index in [1.165, 1.54) is 38.5 Å². The number of hydrogen-bond donors (Lipinski definition) is 1. The van der Waals surface area contributed by atoms with Crippen LogP contribution in [0.5, 0.6) is 0 Å². The number of ether oxygens (including phenoxy) is 1. The van der Waals surface area contributed by atoms with Crippen LogP contribution >= 0.6 is 11.8 Å². The lowest BCUT2D eigenvalue weighted by molar-refractivity contribution is -0.154. The van der Waals surface area contributed by atoms with Crippen LogP contribution in [0.25, 0.3) is 0 Å². The largest absolute Gasteiger partial charge is 0.456 e. The number of carbonyl (C=O) groups is 2. The molecule has 0 aromatic heterocycles. The van der Waals surface area contributed by atoms with Crippen molar-refractivity contribution < 1.29 is 14.3 Å². The standard InChI is InChI=1S/C26H29NO3S/c28-24(27-22-8-4-5-9-23(22)31-21-6-2-1-3-7-21)17-30-25(29)16-26-13-18-10-19(14-26)12-20(11-18)15-26/h1-9,18-20H,10-17H2,(H,27,28). The first kappa shape index (κ1) is 20.6. The lowest BCUT2D eigenvalue weighted by Gasteiger charge is -2.56. The van der Waals surface area contributed by atoms with E-state index in [0.29, 0.717) is 6.42 Å². The fraction of sp³-hybridized carbons (Fsp3) is 0.462. The van der Waals surface area contributed by atoms with E-state index >= 15 is 0 Å². The third-order valence-electron chi connectivity index (χ3n) is 7.18. The van der Waals surface area contributed by atoms with Gasteiger partial charge in [0.1, 0.15) is 0 Å². The smallest absolute Gasteiger partial charge is 0.306 e. The van der Waals surface area contributed by atoms with E-state index in [1.807, 2.05) is 54.6 Å². The van der Waals surface area contributed by atoms with Gasteiger partial charge in [0, 0.05) is 9.79 Å². The number of amides is 1. The Morgan fingerprint density at radius 2 is 1.52 bits per heavy atom. The molecule has 1 N–H and O–H groups in total. The maximum Gasteiger partial charge on any atom is 0.306 e. The van der Waals surface area contributed by atoms with Crippen molar-refractivity contribution in [2.75, 3.05) is 11.9 Å². The highest BCUT2D eigenvalue weighted by atomic mass is 32.2. The van der Waals surface area contributed by atoms with E-state index in [2.05, 4.69) is 5.32 Å². The molecule has 4 nitrogen and oxygen atoms in total. The second kappa shape index (κ2) is 8.70. The lowest BCUT2D eigenvalue weighted by atomic mass is 9.49. The fourth-order valence-electron chi connectivity index (χ4n) is 6.47. The van der Waals surface area contributed by atoms with Crippen molar-refractivity contribution in [2.45, 2.75) is 54.7 Å². The molecule has 4 aliphatic carbocycles. The van der Waals surface area contributed by atoms with Crippen molar-refractivity contribution in [2.24, 2.45) is 23.2 Å². The van der Waals surface area contributed by atoms with Gasteiger partial charge in [0.2, 0.25) is 0 Å². The molecule has 0 aliphatic heterocycles. The van der Waals surface area contributed by atoms with Crippen molar-refractivity contribution in [3.8, 4) is 0 Å². The van der Waals surface area contributed by atoms with Gasteiger partial charge in [0.05, 0.1) is 12.1 Å². The summed E-state index contributed by atoms with van der Waals surface area (Å²) < 4.78 is 5.42. The van der Waals surface area contributed by atoms with E-state index in [9.17, 15) is 9.59 Å². The second-order valence-electron chi connectivity index (χ2n) is 9.71. The van der Waals surface area contributed by atoms with E-state index in [0.717, 1.165) is 33.2 Å². The minimum absolute atomic E-state index is 0.140. The molecule has 0 unspecified atom stereocenters. The summed E-state index contributed by atoms with van der Waals surface area (Å²) in [4.78, 5) is 27.1. The van der Waals surface area contributed by atoms with Gasteiger partial charge in [-0.2, -0.15) is 0 Å². The summed E-state index contributed by atoms with van der Waals surface area (Å²) >= 11 is 1.59. The van der Waals surface area contributed by atoms with Gasteiger partial charge < -0.3 is 10.1 Å². The third-order valence-corrected chi connectivity index (χ3v) is 8.26. The highest BCUT2D eigenvalue weighted by Crippen LogP contribution is 2.61. The Bertz CT molecular complexity index is 923. The summed E-state index contributed by atoms with van der Waals surface area (Å²) in [6, 6.07) is 17.7. The number of anilines is 1. The number of nitrogens with one attached hydrogen (secondary N) is 1. The number of hydrogen-bond acceptors (Lipinski definition) is 4. The van der Waals surface area contributed by atoms with Crippen LogP contribution in [0, 0.1) is 23.2 Å². The number of carbonyl (C=O) groups excluding carboxylic acids is 2. The predicted octanol–water partition coefficient (Wildman–Crippen LogP) is 5.93.